The Hall–Kier alpha value is -3.40. The number of rotatable bonds is 8. The van der Waals surface area contributed by atoms with Crippen LogP contribution in [0.5, 0.6) is 11.5 Å². The van der Waals surface area contributed by atoms with Crippen molar-refractivity contribution in [2.45, 2.75) is 11.8 Å². The van der Waals surface area contributed by atoms with Crippen molar-refractivity contribution in [2.24, 2.45) is 5.10 Å². The van der Waals surface area contributed by atoms with Gasteiger partial charge in [0.25, 0.3) is 0 Å². The third kappa shape index (κ3) is 5.56. The van der Waals surface area contributed by atoms with Crippen LogP contribution in [0.15, 0.2) is 82.8 Å². The quantitative estimate of drug-likeness (QED) is 0.177. The Kier molecular flexibility index (Phi) is 7.16. The molecule has 1 aromatic heterocycles. The van der Waals surface area contributed by atoms with Gasteiger partial charge < -0.3 is 8.92 Å². The van der Waals surface area contributed by atoms with Gasteiger partial charge in [0.05, 0.1) is 19.0 Å². The summed E-state index contributed by atoms with van der Waals surface area (Å²) in [5.41, 5.74) is 5.57. The van der Waals surface area contributed by atoms with Gasteiger partial charge in [-0.3, -0.25) is 5.43 Å². The van der Waals surface area contributed by atoms with Crippen LogP contribution in [0, 0.1) is 6.92 Å². The van der Waals surface area contributed by atoms with Gasteiger partial charge in [-0.05, 0) is 55.0 Å². The molecule has 0 atom stereocenters. The highest BCUT2D eigenvalue weighted by Crippen LogP contribution is 2.32. The monoisotopic (exact) mass is 513 g/mol. The normalized spacial score (nSPS) is 11.5. The molecule has 3 aromatic carbocycles. The van der Waals surface area contributed by atoms with E-state index in [0.717, 1.165) is 16.1 Å². The molecule has 7 nitrogen and oxygen atoms in total. The van der Waals surface area contributed by atoms with E-state index in [9.17, 15) is 8.42 Å². The van der Waals surface area contributed by atoms with E-state index in [1.54, 1.807) is 18.3 Å². The van der Waals surface area contributed by atoms with Gasteiger partial charge in [0.2, 0.25) is 5.13 Å². The number of anilines is 1. The van der Waals surface area contributed by atoms with Crippen LogP contribution in [0.3, 0.4) is 0 Å². The van der Waals surface area contributed by atoms with Crippen LogP contribution >= 0.6 is 22.9 Å². The van der Waals surface area contributed by atoms with E-state index in [2.05, 4.69) is 15.5 Å². The number of benzene rings is 3. The number of hydrazone groups is 1. The van der Waals surface area contributed by atoms with Crippen LogP contribution in [0.25, 0.3) is 11.3 Å². The van der Waals surface area contributed by atoms with E-state index >= 15 is 0 Å². The second kappa shape index (κ2) is 10.3. The van der Waals surface area contributed by atoms with Crippen LogP contribution in [0.2, 0.25) is 5.02 Å². The molecule has 0 spiro atoms. The van der Waals surface area contributed by atoms with Gasteiger partial charge in [0.1, 0.15) is 4.90 Å². The minimum Gasteiger partial charge on any atom is -0.493 e. The van der Waals surface area contributed by atoms with Gasteiger partial charge >= 0.3 is 10.1 Å². The smallest absolute Gasteiger partial charge is 0.339 e. The molecule has 10 heteroatoms. The lowest BCUT2D eigenvalue weighted by Crippen LogP contribution is -2.10. The van der Waals surface area contributed by atoms with Crippen molar-refractivity contribution in [2.75, 3.05) is 12.5 Å². The summed E-state index contributed by atoms with van der Waals surface area (Å²) in [7, 11) is -2.61. The van der Waals surface area contributed by atoms with E-state index in [0.29, 0.717) is 15.7 Å². The number of aryl methyl sites for hydroxylation is 1. The predicted molar refractivity (Wildman–Crippen MR) is 136 cm³/mol. The van der Waals surface area contributed by atoms with Crippen molar-refractivity contribution in [3.63, 3.8) is 0 Å². The second-order valence-corrected chi connectivity index (χ2v) is 10.2. The Bertz CT molecular complexity index is 1420. The highest BCUT2D eigenvalue weighted by molar-refractivity contribution is 7.87. The molecule has 0 amide bonds. The van der Waals surface area contributed by atoms with E-state index in [1.165, 1.54) is 48.8 Å². The topological polar surface area (TPSA) is 89.9 Å². The lowest BCUT2D eigenvalue weighted by Gasteiger charge is -2.11. The van der Waals surface area contributed by atoms with Crippen LogP contribution < -0.4 is 14.3 Å². The summed E-state index contributed by atoms with van der Waals surface area (Å²) in [4.78, 5) is 5.67. The molecule has 4 rings (SSSR count). The van der Waals surface area contributed by atoms with Crippen LogP contribution in [-0.2, 0) is 10.1 Å². The van der Waals surface area contributed by atoms with Gasteiger partial charge in [0, 0.05) is 15.5 Å². The number of nitrogens with zero attached hydrogens (tertiary/aromatic N) is 2. The highest BCUT2D eigenvalue weighted by atomic mass is 35.5. The summed E-state index contributed by atoms with van der Waals surface area (Å²) in [5, 5.41) is 5.33. The maximum atomic E-state index is 12.6. The molecule has 34 heavy (non-hydrogen) atoms. The van der Waals surface area contributed by atoms with Crippen molar-refractivity contribution < 1.29 is 17.3 Å². The third-order valence-corrected chi connectivity index (χ3v) is 7.08. The van der Waals surface area contributed by atoms with Gasteiger partial charge in [-0.1, -0.05) is 41.9 Å². The van der Waals surface area contributed by atoms with Gasteiger partial charge in [-0.15, -0.1) is 11.3 Å². The molecule has 0 aliphatic rings. The lowest BCUT2D eigenvalue weighted by atomic mass is 10.1. The maximum Gasteiger partial charge on any atom is 0.339 e. The zero-order chi connectivity index (χ0) is 24.1. The van der Waals surface area contributed by atoms with Gasteiger partial charge in [-0.2, -0.15) is 13.5 Å². The molecule has 4 aromatic rings. The highest BCUT2D eigenvalue weighted by Gasteiger charge is 2.19. The van der Waals surface area contributed by atoms with E-state index in [-0.39, 0.29) is 16.4 Å². The Morgan fingerprint density at radius 3 is 2.47 bits per heavy atom. The summed E-state index contributed by atoms with van der Waals surface area (Å²) in [6, 6.07) is 20.5. The SMILES string of the molecule is COc1cc(/C=N\Nc2nc(-c3ccccc3)c(C)s2)ccc1OS(=O)(=O)c1ccc(Cl)cc1. The summed E-state index contributed by atoms with van der Waals surface area (Å²) >= 11 is 7.33. The number of methoxy groups -OCH3 is 1. The fraction of sp³-hybridized carbons (Fsp3) is 0.0833. The third-order valence-electron chi connectivity index (χ3n) is 4.71. The molecular formula is C24H20ClN3O4S2. The lowest BCUT2D eigenvalue weighted by molar-refractivity contribution is 0.390. The summed E-state index contributed by atoms with van der Waals surface area (Å²) in [6.07, 6.45) is 1.58. The molecule has 0 radical (unpaired) electrons. The molecule has 0 aliphatic carbocycles. The molecule has 1 N–H and O–H groups in total. The molecule has 0 bridgehead atoms. The van der Waals surface area contributed by atoms with Crippen LogP contribution in [0.4, 0.5) is 5.13 Å². The van der Waals surface area contributed by atoms with E-state index in [4.69, 9.17) is 20.5 Å². The number of ether oxygens (including phenoxy) is 1. The summed E-state index contributed by atoms with van der Waals surface area (Å²) in [6.45, 7) is 2.01. The van der Waals surface area contributed by atoms with E-state index < -0.39 is 10.1 Å². The summed E-state index contributed by atoms with van der Waals surface area (Å²) < 4.78 is 35.7. The first kappa shape index (κ1) is 23.7. The Morgan fingerprint density at radius 2 is 1.76 bits per heavy atom. The Balaban J connectivity index is 1.47. The number of aromatic nitrogens is 1. The van der Waals surface area contributed by atoms with Gasteiger partial charge in [0.15, 0.2) is 11.5 Å². The maximum absolute atomic E-state index is 12.6. The first-order valence-electron chi connectivity index (χ1n) is 10.1. The number of halogens is 1. The minimum absolute atomic E-state index is 0.0117. The van der Waals surface area contributed by atoms with Gasteiger partial charge in [-0.25, -0.2) is 4.98 Å². The first-order valence-corrected chi connectivity index (χ1v) is 12.7. The predicted octanol–water partition coefficient (Wildman–Crippen LogP) is 5.99. The number of hydrogen-bond donors (Lipinski definition) is 1. The fourth-order valence-electron chi connectivity index (χ4n) is 3.07. The first-order chi connectivity index (χ1) is 16.4. The number of thiazole rings is 1. The zero-order valence-corrected chi connectivity index (χ0v) is 20.6. The van der Waals surface area contributed by atoms with Crippen molar-refractivity contribution in [3.05, 3.63) is 88.3 Å². The molecule has 0 saturated carbocycles. The standard InChI is InChI=1S/C24H20ClN3O4S2/c1-16-23(18-6-4-3-5-7-18)27-24(33-16)28-26-15-17-8-13-21(22(14-17)31-2)32-34(29,30)20-11-9-19(25)10-12-20/h3-15H,1-2H3,(H,27,28)/b26-15-. The average molecular weight is 514 g/mol. The molecular weight excluding hydrogens is 494 g/mol. The Morgan fingerprint density at radius 1 is 1.03 bits per heavy atom. The Labute approximate surface area is 206 Å². The molecule has 1 heterocycles. The van der Waals surface area contributed by atoms with Crippen molar-refractivity contribution in [1.82, 2.24) is 4.98 Å². The number of nitrogens with one attached hydrogen (secondary N) is 1. The molecule has 174 valence electrons. The number of hydrogen-bond acceptors (Lipinski definition) is 8. The average Bonchev–Trinajstić information content (AvgIpc) is 3.21. The fourth-order valence-corrected chi connectivity index (χ4v) is 4.92. The molecule has 0 saturated heterocycles. The van der Waals surface area contributed by atoms with E-state index in [1.807, 2.05) is 37.3 Å². The minimum atomic E-state index is -4.04. The van der Waals surface area contributed by atoms with Crippen LogP contribution in [-0.4, -0.2) is 26.7 Å². The second-order valence-electron chi connectivity index (χ2n) is 7.06. The van der Waals surface area contributed by atoms with Crippen molar-refractivity contribution in [1.29, 1.82) is 0 Å². The van der Waals surface area contributed by atoms with Crippen molar-refractivity contribution in [3.8, 4) is 22.8 Å². The largest absolute Gasteiger partial charge is 0.493 e. The molecule has 0 fully saturated rings. The zero-order valence-electron chi connectivity index (χ0n) is 18.2. The molecule has 0 unspecified atom stereocenters. The van der Waals surface area contributed by atoms with Crippen molar-refractivity contribution >= 4 is 44.4 Å². The van der Waals surface area contributed by atoms with Crippen LogP contribution in [0.1, 0.15) is 10.4 Å². The molecule has 0 aliphatic heterocycles. The summed E-state index contributed by atoms with van der Waals surface area (Å²) in [5.74, 6) is 0.309.